The van der Waals surface area contributed by atoms with Crippen molar-refractivity contribution in [3.8, 4) is 11.4 Å². The van der Waals surface area contributed by atoms with Crippen molar-refractivity contribution in [2.45, 2.75) is 38.1 Å². The minimum absolute atomic E-state index is 0.0116. The van der Waals surface area contributed by atoms with Crippen LogP contribution >= 0.6 is 0 Å². The molecule has 0 saturated heterocycles. The van der Waals surface area contributed by atoms with E-state index < -0.39 is 11.5 Å². The minimum Gasteiger partial charge on any atom is -0.347 e. The predicted octanol–water partition coefficient (Wildman–Crippen LogP) is 3.52. The fourth-order valence-electron chi connectivity index (χ4n) is 3.68. The van der Waals surface area contributed by atoms with E-state index in [1.54, 1.807) is 36.7 Å². The van der Waals surface area contributed by atoms with Crippen molar-refractivity contribution >= 4 is 5.91 Å². The molecular weight excluding hydrogens is 383 g/mol. The topological polar surface area (TPSA) is 87.7 Å². The van der Waals surface area contributed by atoms with Crippen LogP contribution in [0.1, 0.15) is 44.0 Å². The van der Waals surface area contributed by atoms with Crippen LogP contribution in [0.15, 0.2) is 59.7 Å². The van der Waals surface area contributed by atoms with E-state index in [1.807, 2.05) is 13.8 Å². The molecule has 0 aliphatic heterocycles. The standard InChI is InChI=1S/C23H23FN4O2/c1-14(2)20(18-13-19(29)27-21(26-18)15-7-11-25-12-8-15)28-22(30)23(9-10-23)16-3-5-17(24)6-4-16/h3-8,11-14,20H,9-10H2,1-2H3,(H,28,30)(H,26,27,29)/t20-/m0/s1. The van der Waals surface area contributed by atoms with Gasteiger partial charge in [-0.2, -0.15) is 0 Å². The highest BCUT2D eigenvalue weighted by Crippen LogP contribution is 2.48. The van der Waals surface area contributed by atoms with Crippen LogP contribution in [0.25, 0.3) is 11.4 Å². The molecular formula is C23H23FN4O2. The number of amides is 1. The molecule has 1 fully saturated rings. The Morgan fingerprint density at radius 3 is 2.40 bits per heavy atom. The Balaban J connectivity index is 1.64. The van der Waals surface area contributed by atoms with E-state index in [2.05, 4.69) is 20.3 Å². The van der Waals surface area contributed by atoms with Crippen molar-refractivity contribution in [3.63, 3.8) is 0 Å². The Kier molecular flexibility index (Phi) is 5.20. The summed E-state index contributed by atoms with van der Waals surface area (Å²) in [6.07, 6.45) is 4.67. The number of hydrogen-bond donors (Lipinski definition) is 2. The van der Waals surface area contributed by atoms with Gasteiger partial charge in [0.2, 0.25) is 5.91 Å². The van der Waals surface area contributed by atoms with Gasteiger partial charge in [0.05, 0.1) is 17.2 Å². The summed E-state index contributed by atoms with van der Waals surface area (Å²) in [5.41, 5.74) is 1.12. The average Bonchev–Trinajstić information content (AvgIpc) is 3.54. The van der Waals surface area contributed by atoms with E-state index in [0.717, 1.165) is 11.1 Å². The number of pyridine rings is 1. The van der Waals surface area contributed by atoms with Crippen molar-refractivity contribution in [1.29, 1.82) is 0 Å². The molecule has 1 saturated carbocycles. The number of H-pyrrole nitrogens is 1. The van der Waals surface area contributed by atoms with Crippen molar-refractivity contribution < 1.29 is 9.18 Å². The first-order valence-electron chi connectivity index (χ1n) is 9.98. The summed E-state index contributed by atoms with van der Waals surface area (Å²) in [6, 6.07) is 10.6. The Hall–Kier alpha value is -3.35. The van der Waals surface area contributed by atoms with Crippen LogP contribution in [0.3, 0.4) is 0 Å². The Bertz CT molecular complexity index is 1110. The zero-order chi connectivity index (χ0) is 21.3. The van der Waals surface area contributed by atoms with Crippen molar-refractivity contribution in [3.05, 3.63) is 82.3 Å². The molecule has 4 rings (SSSR count). The van der Waals surface area contributed by atoms with Crippen LogP contribution < -0.4 is 10.9 Å². The van der Waals surface area contributed by atoms with E-state index in [1.165, 1.54) is 18.2 Å². The SMILES string of the molecule is CC(C)[C@H](NC(=O)C1(c2ccc(F)cc2)CC1)c1cc(=O)[nH]c(-c2ccncc2)n1. The molecule has 0 spiro atoms. The van der Waals surface area contributed by atoms with Gasteiger partial charge in [-0.15, -0.1) is 0 Å². The number of rotatable bonds is 6. The lowest BCUT2D eigenvalue weighted by molar-refractivity contribution is -0.124. The van der Waals surface area contributed by atoms with Crippen molar-refractivity contribution in [2.75, 3.05) is 0 Å². The lowest BCUT2D eigenvalue weighted by atomic mass is 9.93. The third-order valence-electron chi connectivity index (χ3n) is 5.57. The number of nitrogens with one attached hydrogen (secondary N) is 2. The first-order chi connectivity index (χ1) is 14.4. The van der Waals surface area contributed by atoms with Crippen LogP contribution in [0.4, 0.5) is 4.39 Å². The number of carbonyl (C=O) groups excluding carboxylic acids is 1. The summed E-state index contributed by atoms with van der Waals surface area (Å²) in [5.74, 6) is -0.0104. The second-order valence-corrected chi connectivity index (χ2v) is 8.04. The second-order valence-electron chi connectivity index (χ2n) is 8.04. The molecule has 1 aromatic carbocycles. The van der Waals surface area contributed by atoms with Gasteiger partial charge in [-0.3, -0.25) is 14.6 Å². The number of nitrogens with zero attached hydrogens (tertiary/aromatic N) is 2. The molecule has 3 aromatic rings. The number of carbonyl (C=O) groups is 1. The fourth-order valence-corrected chi connectivity index (χ4v) is 3.68. The minimum atomic E-state index is -0.643. The summed E-state index contributed by atoms with van der Waals surface area (Å²) < 4.78 is 13.3. The monoisotopic (exact) mass is 406 g/mol. The van der Waals surface area contributed by atoms with Gasteiger partial charge < -0.3 is 10.3 Å². The summed E-state index contributed by atoms with van der Waals surface area (Å²) in [6.45, 7) is 3.94. The lowest BCUT2D eigenvalue weighted by Gasteiger charge is -2.25. The Morgan fingerprint density at radius 1 is 1.13 bits per heavy atom. The third kappa shape index (κ3) is 3.87. The molecule has 0 unspecified atom stereocenters. The van der Waals surface area contributed by atoms with E-state index in [0.29, 0.717) is 24.4 Å². The second kappa shape index (κ2) is 7.82. The molecule has 1 atom stereocenters. The molecule has 0 radical (unpaired) electrons. The number of hydrogen-bond acceptors (Lipinski definition) is 4. The smallest absolute Gasteiger partial charge is 0.251 e. The number of benzene rings is 1. The molecule has 30 heavy (non-hydrogen) atoms. The van der Waals surface area contributed by atoms with Gasteiger partial charge in [-0.05, 0) is 48.6 Å². The van der Waals surface area contributed by atoms with Crippen LogP contribution in [0.5, 0.6) is 0 Å². The summed E-state index contributed by atoms with van der Waals surface area (Å²) in [7, 11) is 0. The van der Waals surface area contributed by atoms with Gasteiger partial charge in [0, 0.05) is 24.0 Å². The summed E-state index contributed by atoms with van der Waals surface area (Å²) in [5, 5.41) is 3.09. The highest BCUT2D eigenvalue weighted by Gasteiger charge is 2.51. The fraction of sp³-hybridized carbons (Fsp3) is 0.304. The summed E-state index contributed by atoms with van der Waals surface area (Å²) >= 11 is 0. The van der Waals surface area contributed by atoms with Gasteiger partial charge in [-0.25, -0.2) is 9.37 Å². The molecule has 2 aromatic heterocycles. The number of halogens is 1. The van der Waals surface area contributed by atoms with E-state index in [-0.39, 0.29) is 23.2 Å². The van der Waals surface area contributed by atoms with Gasteiger partial charge in [0.15, 0.2) is 0 Å². The van der Waals surface area contributed by atoms with Gasteiger partial charge in [0.25, 0.3) is 5.56 Å². The molecule has 7 heteroatoms. The highest BCUT2D eigenvalue weighted by atomic mass is 19.1. The largest absolute Gasteiger partial charge is 0.347 e. The van der Waals surface area contributed by atoms with Crippen molar-refractivity contribution in [1.82, 2.24) is 20.3 Å². The first-order valence-corrected chi connectivity index (χ1v) is 9.98. The maximum atomic E-state index is 13.3. The van der Waals surface area contributed by atoms with Gasteiger partial charge in [-0.1, -0.05) is 26.0 Å². The molecule has 2 N–H and O–H groups in total. The Morgan fingerprint density at radius 2 is 1.80 bits per heavy atom. The summed E-state index contributed by atoms with van der Waals surface area (Å²) in [4.78, 5) is 36.9. The van der Waals surface area contributed by atoms with E-state index >= 15 is 0 Å². The molecule has 1 aliphatic rings. The normalized spacial score (nSPS) is 15.6. The lowest BCUT2D eigenvalue weighted by Crippen LogP contribution is -2.40. The van der Waals surface area contributed by atoms with Gasteiger partial charge in [0.1, 0.15) is 11.6 Å². The van der Waals surface area contributed by atoms with Crippen LogP contribution in [0, 0.1) is 11.7 Å². The zero-order valence-electron chi connectivity index (χ0n) is 16.9. The molecule has 0 bridgehead atoms. The molecule has 154 valence electrons. The molecule has 6 nitrogen and oxygen atoms in total. The maximum Gasteiger partial charge on any atom is 0.251 e. The number of aromatic nitrogens is 3. The number of aromatic amines is 1. The quantitative estimate of drug-likeness (QED) is 0.656. The maximum absolute atomic E-state index is 13.3. The van der Waals surface area contributed by atoms with Gasteiger partial charge >= 0.3 is 0 Å². The third-order valence-corrected chi connectivity index (χ3v) is 5.57. The van der Waals surface area contributed by atoms with Crippen LogP contribution in [-0.2, 0) is 10.2 Å². The van der Waals surface area contributed by atoms with Crippen LogP contribution in [-0.4, -0.2) is 20.9 Å². The van der Waals surface area contributed by atoms with E-state index in [4.69, 9.17) is 0 Å². The van der Waals surface area contributed by atoms with Crippen molar-refractivity contribution in [2.24, 2.45) is 5.92 Å². The Labute approximate surface area is 173 Å². The van der Waals surface area contributed by atoms with E-state index in [9.17, 15) is 14.0 Å². The molecule has 1 aliphatic carbocycles. The predicted molar refractivity (Wildman–Crippen MR) is 111 cm³/mol. The zero-order valence-corrected chi connectivity index (χ0v) is 16.9. The molecule has 2 heterocycles. The highest BCUT2D eigenvalue weighted by molar-refractivity contribution is 5.91. The first kappa shape index (κ1) is 19.9. The van der Waals surface area contributed by atoms with Crippen LogP contribution in [0.2, 0.25) is 0 Å². The average molecular weight is 406 g/mol. The molecule has 1 amide bonds.